The quantitative estimate of drug-likeness (QED) is 0.121. The Morgan fingerprint density at radius 2 is 1.32 bits per heavy atom. The van der Waals surface area contributed by atoms with Crippen molar-refractivity contribution in [3.63, 3.8) is 0 Å². The van der Waals surface area contributed by atoms with Gasteiger partial charge in [-0.3, -0.25) is 15.1 Å². The van der Waals surface area contributed by atoms with Crippen LogP contribution in [0.5, 0.6) is 0 Å². The number of fused-ring (bicyclic) bond motifs is 6. The second-order valence-electron chi connectivity index (χ2n) is 12.3. The Bertz CT molecular complexity index is 2400. The van der Waals surface area contributed by atoms with E-state index in [0.717, 1.165) is 52.7 Å². The number of hydrazone groups is 1. The normalized spacial score (nSPS) is 12.1. The third-order valence-electron chi connectivity index (χ3n) is 8.55. The summed E-state index contributed by atoms with van der Waals surface area (Å²) in [6.45, 7) is 1.66. The Morgan fingerprint density at radius 1 is 0.625 bits per heavy atom. The summed E-state index contributed by atoms with van der Waals surface area (Å²) < 4.78 is 1.26. The van der Waals surface area contributed by atoms with Crippen LogP contribution in [0.2, 0.25) is 0 Å². The first-order chi connectivity index (χ1) is 27.8. The number of hydrogen-bond donors (Lipinski definition) is 4. The lowest BCUT2D eigenvalue weighted by atomic mass is 10.1. The molecule has 3 aromatic heterocycles. The van der Waals surface area contributed by atoms with Crippen molar-refractivity contribution in [3.8, 4) is 0 Å². The van der Waals surface area contributed by atoms with Crippen molar-refractivity contribution in [1.82, 2.24) is 36.0 Å². The number of para-hydroxylation sites is 6. The van der Waals surface area contributed by atoms with E-state index < -0.39 is 0 Å². The highest BCUT2D eigenvalue weighted by Crippen LogP contribution is 2.22. The summed E-state index contributed by atoms with van der Waals surface area (Å²) in [4.78, 5) is 12.4. The third kappa shape index (κ3) is 10.4. The van der Waals surface area contributed by atoms with Crippen LogP contribution >= 0.6 is 11.3 Å². The molecule has 0 saturated carbocycles. The first kappa shape index (κ1) is 37.0. The highest BCUT2D eigenvalue weighted by Gasteiger charge is 2.03. The highest BCUT2D eigenvalue weighted by molar-refractivity contribution is 7.16. The van der Waals surface area contributed by atoms with Crippen LogP contribution in [0, 0.1) is 0 Å². The molecule has 6 aromatic carbocycles. The van der Waals surface area contributed by atoms with Gasteiger partial charge in [0.1, 0.15) is 11.0 Å². The molecule has 6 heterocycles. The molecule has 0 atom stereocenters. The summed E-state index contributed by atoms with van der Waals surface area (Å²) in [5.74, 6) is 0. The van der Waals surface area contributed by atoms with Gasteiger partial charge in [-0.2, -0.15) is 25.6 Å². The van der Waals surface area contributed by atoms with Gasteiger partial charge in [-0.15, -0.1) is 11.3 Å². The number of thiazole rings is 1. The Kier molecular flexibility index (Phi) is 13.0. The molecule has 276 valence electrons. The number of aliphatic imine (C=N–C) groups is 2. The second-order valence-corrected chi connectivity index (χ2v) is 13.2. The molecule has 11 nitrogen and oxygen atoms in total. The van der Waals surface area contributed by atoms with Crippen molar-refractivity contribution in [1.29, 1.82) is 0 Å². The molecule has 9 aromatic rings. The minimum absolute atomic E-state index is 0.809. The van der Waals surface area contributed by atoms with Crippen LogP contribution in [0.3, 0.4) is 0 Å². The van der Waals surface area contributed by atoms with E-state index in [1.165, 1.54) is 32.6 Å². The molecule has 0 unspecified atom stereocenters. The van der Waals surface area contributed by atoms with Gasteiger partial charge < -0.3 is 10.7 Å². The molecule has 3 aliphatic heterocycles. The maximum atomic E-state index is 4.17. The topological polar surface area (TPSA) is 144 Å². The molecule has 56 heavy (non-hydrogen) atoms. The van der Waals surface area contributed by atoms with Crippen LogP contribution in [0.4, 0.5) is 11.4 Å². The van der Waals surface area contributed by atoms with Gasteiger partial charge in [0.05, 0.1) is 58.8 Å². The van der Waals surface area contributed by atoms with Crippen LogP contribution in [-0.2, 0) is 19.5 Å². The van der Waals surface area contributed by atoms with Crippen molar-refractivity contribution in [3.05, 3.63) is 180 Å². The third-order valence-corrected chi connectivity index (χ3v) is 9.36. The average Bonchev–Trinajstić information content (AvgIpc) is 4.12. The number of H-pyrrole nitrogens is 2. The van der Waals surface area contributed by atoms with Crippen molar-refractivity contribution in [2.45, 2.75) is 19.5 Å². The molecule has 0 aliphatic carbocycles. The Morgan fingerprint density at radius 3 is 2.11 bits per heavy atom. The SMILES string of the molecule is C1=NCc2ccccc2N1.C1=NNCc2ccccc21.C1=Nc2ccccc2C1.c1ccc2[nH]ncc2c1.c1ccc2n[nH]nc2c1.c1ccc2scnc2c1. The molecule has 0 fully saturated rings. The van der Waals surface area contributed by atoms with Gasteiger partial charge in [-0.05, 0) is 64.7 Å². The molecule has 12 heteroatoms. The van der Waals surface area contributed by atoms with Gasteiger partial charge in [0.15, 0.2) is 0 Å². The zero-order chi connectivity index (χ0) is 38.0. The number of hydrogen-bond acceptors (Lipinski definition) is 10. The number of rotatable bonds is 0. The molecule has 12 rings (SSSR count). The molecule has 0 spiro atoms. The van der Waals surface area contributed by atoms with Crippen molar-refractivity contribution >= 4 is 73.6 Å². The van der Waals surface area contributed by atoms with Crippen LogP contribution < -0.4 is 10.7 Å². The van der Waals surface area contributed by atoms with E-state index in [9.17, 15) is 0 Å². The van der Waals surface area contributed by atoms with E-state index in [4.69, 9.17) is 0 Å². The minimum atomic E-state index is 0.809. The van der Waals surface area contributed by atoms with Gasteiger partial charge in [0.2, 0.25) is 0 Å². The summed E-state index contributed by atoms with van der Waals surface area (Å²) in [7, 11) is 0. The predicted octanol–water partition coefficient (Wildman–Crippen LogP) is 9.53. The molecule has 0 amide bonds. The zero-order valence-corrected chi connectivity index (χ0v) is 31.2. The largest absolute Gasteiger partial charge is 0.346 e. The van der Waals surface area contributed by atoms with Crippen molar-refractivity contribution < 1.29 is 0 Å². The molecule has 0 radical (unpaired) electrons. The fourth-order valence-corrected chi connectivity index (χ4v) is 6.33. The Balaban J connectivity index is 0.000000103. The predicted molar refractivity (Wildman–Crippen MR) is 231 cm³/mol. The van der Waals surface area contributed by atoms with Crippen LogP contribution in [-0.4, -0.2) is 49.4 Å². The van der Waals surface area contributed by atoms with Gasteiger partial charge in [-0.1, -0.05) is 103 Å². The smallest absolute Gasteiger partial charge is 0.112 e. The first-order valence-corrected chi connectivity index (χ1v) is 18.9. The fraction of sp³-hybridized carbons (Fsp3) is 0.0682. The van der Waals surface area contributed by atoms with Crippen LogP contribution in [0.25, 0.3) is 32.2 Å². The van der Waals surface area contributed by atoms with E-state index in [0.29, 0.717) is 0 Å². The summed E-state index contributed by atoms with van der Waals surface area (Å²) in [5, 5.41) is 25.2. The maximum Gasteiger partial charge on any atom is 0.112 e. The van der Waals surface area contributed by atoms with E-state index >= 15 is 0 Å². The van der Waals surface area contributed by atoms with Crippen molar-refractivity contribution in [2.24, 2.45) is 15.1 Å². The van der Waals surface area contributed by atoms with Gasteiger partial charge in [0, 0.05) is 23.7 Å². The second kappa shape index (κ2) is 19.7. The fourth-order valence-electron chi connectivity index (χ4n) is 5.65. The summed E-state index contributed by atoms with van der Waals surface area (Å²) >= 11 is 1.68. The van der Waals surface area contributed by atoms with Crippen LogP contribution in [0.15, 0.2) is 172 Å². The number of aromatic amines is 2. The number of anilines is 1. The molecular weight excluding hydrogens is 715 g/mol. The number of aromatic nitrogens is 6. The summed E-state index contributed by atoms with van der Waals surface area (Å²) in [6.07, 6.45) is 8.36. The monoisotopic (exact) mass is 753 g/mol. The Hall–Kier alpha value is -7.31. The number of nitrogens with one attached hydrogen (secondary N) is 4. The van der Waals surface area contributed by atoms with E-state index in [1.54, 1.807) is 17.7 Å². The van der Waals surface area contributed by atoms with Gasteiger partial charge >= 0.3 is 0 Å². The average molecular weight is 754 g/mol. The summed E-state index contributed by atoms with van der Waals surface area (Å²) in [5.41, 5.74) is 16.3. The molecule has 4 N–H and O–H groups in total. The lowest BCUT2D eigenvalue weighted by Gasteiger charge is -2.10. The first-order valence-electron chi connectivity index (χ1n) is 18.0. The van der Waals surface area contributed by atoms with Crippen LogP contribution in [0.1, 0.15) is 22.3 Å². The molecule has 0 bridgehead atoms. The highest BCUT2D eigenvalue weighted by atomic mass is 32.1. The Labute approximate surface area is 328 Å². The standard InChI is InChI=1S/2C8H8N2.C8H7N.C7H6N2.C7H5NS.C6H5N3/c1-2-4-8-7(3-1)5-9-6-10-8;1-2-4-8-6-10-9-5-7(8)3-1;1-2-4-8-7(3-1)5-6-9-8;1-2-4-7-6(3-1)5-8-9-7;1-2-4-7-6(3-1)8-5-9-7;1-2-4-6-5(3-1)7-9-8-6/h1-4,6H,5H2,(H,9,10);1-5,10H,6H2;1-4,6H,5H2;1-5H,(H,8,9);1-5H;1-4H,(H,7,8,9). The lowest BCUT2D eigenvalue weighted by Crippen LogP contribution is -2.12. The molecule has 3 aliphatic rings. The zero-order valence-electron chi connectivity index (χ0n) is 30.4. The lowest BCUT2D eigenvalue weighted by molar-refractivity contribution is 0.735. The van der Waals surface area contributed by atoms with E-state index in [-0.39, 0.29) is 0 Å². The van der Waals surface area contributed by atoms with E-state index in [2.05, 4.69) is 92.8 Å². The van der Waals surface area contributed by atoms with Crippen molar-refractivity contribution in [2.75, 3.05) is 5.32 Å². The van der Waals surface area contributed by atoms with Gasteiger partial charge in [0.25, 0.3) is 0 Å². The van der Waals surface area contributed by atoms with Gasteiger partial charge in [-0.25, -0.2) is 4.98 Å². The van der Waals surface area contributed by atoms with E-state index in [1.807, 2.05) is 133 Å². The maximum absolute atomic E-state index is 4.17. The summed E-state index contributed by atoms with van der Waals surface area (Å²) in [6, 6.07) is 48.5. The number of nitrogens with zero attached hydrogens (tertiary/aromatic N) is 7. The minimum Gasteiger partial charge on any atom is -0.346 e. The molecule has 0 saturated heterocycles. The molecular formula is C44H39N11S. The number of benzene rings is 6.